The zero-order valence-electron chi connectivity index (χ0n) is 18.0. The summed E-state index contributed by atoms with van der Waals surface area (Å²) in [4.78, 5) is 17.6. The van der Waals surface area contributed by atoms with Crippen LogP contribution in [0.3, 0.4) is 0 Å². The number of piperidine rings is 1. The Bertz CT molecular complexity index is 1010. The molecule has 1 aromatic carbocycles. The predicted molar refractivity (Wildman–Crippen MR) is 124 cm³/mol. The van der Waals surface area contributed by atoms with E-state index >= 15 is 0 Å². The second kappa shape index (κ2) is 9.18. The third-order valence-corrected chi connectivity index (χ3v) is 5.71. The van der Waals surface area contributed by atoms with Crippen molar-refractivity contribution in [3.8, 4) is 17.1 Å². The normalized spacial score (nSPS) is 14.7. The highest BCUT2D eigenvalue weighted by atomic mass is 16.5. The molecule has 8 heteroatoms. The molecule has 1 aliphatic heterocycles. The molecule has 0 unspecified atom stereocenters. The Morgan fingerprint density at radius 1 is 1.06 bits per heavy atom. The Balaban J connectivity index is 1.44. The van der Waals surface area contributed by atoms with E-state index in [9.17, 15) is 0 Å². The van der Waals surface area contributed by atoms with Crippen molar-refractivity contribution in [1.29, 1.82) is 0 Å². The first kappa shape index (κ1) is 20.9. The third kappa shape index (κ3) is 5.03. The van der Waals surface area contributed by atoms with E-state index in [1.807, 2.05) is 6.07 Å². The molecule has 0 spiro atoms. The summed E-state index contributed by atoms with van der Waals surface area (Å²) in [6.07, 6.45) is 5.68. The van der Waals surface area contributed by atoms with E-state index in [-0.39, 0.29) is 12.4 Å². The highest BCUT2D eigenvalue weighted by Gasteiger charge is 2.20. The van der Waals surface area contributed by atoms with Crippen LogP contribution in [0.5, 0.6) is 5.88 Å². The van der Waals surface area contributed by atoms with Crippen molar-refractivity contribution in [2.24, 2.45) is 0 Å². The molecule has 1 aliphatic rings. The molecule has 0 amide bonds. The molecule has 0 bridgehead atoms. The van der Waals surface area contributed by atoms with Gasteiger partial charge in [-0.05, 0) is 56.8 Å². The Kier molecular flexibility index (Phi) is 6.18. The number of ether oxygens (including phenoxy) is 1. The van der Waals surface area contributed by atoms with E-state index in [4.69, 9.17) is 16.2 Å². The Morgan fingerprint density at radius 2 is 1.81 bits per heavy atom. The molecule has 2 aromatic heterocycles. The van der Waals surface area contributed by atoms with Crippen LogP contribution in [0, 0.1) is 0 Å². The summed E-state index contributed by atoms with van der Waals surface area (Å²) in [6, 6.07) is 12.7. The molecule has 31 heavy (non-hydrogen) atoms. The summed E-state index contributed by atoms with van der Waals surface area (Å²) in [5, 5.41) is 0. The maximum atomic E-state index is 5.97. The first-order valence-corrected chi connectivity index (χ1v) is 10.5. The number of rotatable bonds is 6. The lowest BCUT2D eigenvalue weighted by atomic mass is 10.0. The molecule has 162 valence electrons. The number of anilines is 3. The summed E-state index contributed by atoms with van der Waals surface area (Å²) >= 11 is 0. The quantitative estimate of drug-likeness (QED) is 0.628. The maximum Gasteiger partial charge on any atom is 0.258 e. The van der Waals surface area contributed by atoms with Crippen LogP contribution >= 0.6 is 0 Å². The number of nitrogens with two attached hydrogens (primary N) is 2. The molecule has 8 nitrogen and oxygen atoms in total. The number of nitrogens with zero attached hydrogens (tertiary/aromatic N) is 5. The van der Waals surface area contributed by atoms with Gasteiger partial charge in [-0.2, -0.15) is 0 Å². The van der Waals surface area contributed by atoms with Gasteiger partial charge in [0.05, 0.1) is 11.9 Å². The standard InChI is InChI=1S/C23H29N7O/c1-29(2)18-8-11-30(12-9-18)19-5-3-17(4-6-19)20-14-27-22(25)23(28-20)31-15-16-7-10-26-21(24)13-16/h3-7,10,13-14,18H,8-9,11-12,15H2,1-2H3,(H2,24,26)(H2,25,27). The fraction of sp³-hybridized carbons (Fsp3) is 0.348. The van der Waals surface area contributed by atoms with Gasteiger partial charge in [0.1, 0.15) is 12.4 Å². The molecular weight excluding hydrogens is 390 g/mol. The van der Waals surface area contributed by atoms with Gasteiger partial charge in [0, 0.05) is 36.6 Å². The van der Waals surface area contributed by atoms with Crippen LogP contribution in [0.25, 0.3) is 11.3 Å². The van der Waals surface area contributed by atoms with Crippen molar-refractivity contribution in [1.82, 2.24) is 19.9 Å². The molecule has 1 saturated heterocycles. The van der Waals surface area contributed by atoms with Crippen LogP contribution in [-0.2, 0) is 6.61 Å². The van der Waals surface area contributed by atoms with Crippen LogP contribution in [0.2, 0.25) is 0 Å². The minimum Gasteiger partial charge on any atom is -0.470 e. The van der Waals surface area contributed by atoms with Crippen molar-refractivity contribution in [3.63, 3.8) is 0 Å². The van der Waals surface area contributed by atoms with Crippen LogP contribution < -0.4 is 21.1 Å². The van der Waals surface area contributed by atoms with Crippen LogP contribution in [0.4, 0.5) is 17.3 Å². The Hall–Kier alpha value is -3.39. The largest absolute Gasteiger partial charge is 0.470 e. The van der Waals surface area contributed by atoms with Crippen molar-refractivity contribution >= 4 is 17.3 Å². The first-order valence-electron chi connectivity index (χ1n) is 10.5. The fourth-order valence-corrected chi connectivity index (χ4v) is 3.85. The number of hydrogen-bond acceptors (Lipinski definition) is 8. The minimum atomic E-state index is 0.256. The van der Waals surface area contributed by atoms with Gasteiger partial charge in [-0.3, -0.25) is 0 Å². The third-order valence-electron chi connectivity index (χ3n) is 5.71. The lowest BCUT2D eigenvalue weighted by Gasteiger charge is -2.36. The lowest BCUT2D eigenvalue weighted by molar-refractivity contribution is 0.249. The van der Waals surface area contributed by atoms with E-state index in [0.29, 0.717) is 17.7 Å². The van der Waals surface area contributed by atoms with Gasteiger partial charge in [-0.15, -0.1) is 0 Å². The summed E-state index contributed by atoms with van der Waals surface area (Å²) in [6.45, 7) is 2.43. The number of aromatic nitrogens is 3. The van der Waals surface area contributed by atoms with Gasteiger partial charge < -0.3 is 26.0 Å². The second-order valence-electron chi connectivity index (χ2n) is 8.05. The SMILES string of the molecule is CN(C)C1CCN(c2ccc(-c3cnc(N)c(OCc4ccnc(N)c4)n3)cc2)CC1. The van der Waals surface area contributed by atoms with Gasteiger partial charge in [0.15, 0.2) is 5.82 Å². The topological polar surface area (TPSA) is 106 Å². The Labute approximate surface area is 182 Å². The molecule has 3 aromatic rings. The van der Waals surface area contributed by atoms with Crippen LogP contribution in [0.15, 0.2) is 48.8 Å². The van der Waals surface area contributed by atoms with Gasteiger partial charge in [-0.1, -0.05) is 12.1 Å². The first-order chi connectivity index (χ1) is 15.0. The molecule has 4 rings (SSSR count). The average Bonchev–Trinajstić information content (AvgIpc) is 2.79. The van der Waals surface area contributed by atoms with E-state index in [1.165, 1.54) is 18.5 Å². The van der Waals surface area contributed by atoms with Gasteiger partial charge in [-0.25, -0.2) is 15.0 Å². The van der Waals surface area contributed by atoms with Crippen molar-refractivity contribution in [2.75, 3.05) is 43.6 Å². The molecule has 3 heterocycles. The average molecular weight is 420 g/mol. The monoisotopic (exact) mass is 419 g/mol. The number of benzene rings is 1. The number of pyridine rings is 1. The highest BCUT2D eigenvalue weighted by molar-refractivity contribution is 5.64. The van der Waals surface area contributed by atoms with Crippen LogP contribution in [-0.4, -0.2) is 53.1 Å². The maximum absolute atomic E-state index is 5.97. The summed E-state index contributed by atoms with van der Waals surface area (Å²) in [7, 11) is 4.32. The van der Waals surface area contributed by atoms with E-state index in [1.54, 1.807) is 18.5 Å². The molecular formula is C23H29N7O. The number of hydrogen-bond donors (Lipinski definition) is 2. The zero-order chi connectivity index (χ0) is 21.8. The van der Waals surface area contributed by atoms with Crippen molar-refractivity contribution < 1.29 is 4.74 Å². The van der Waals surface area contributed by atoms with E-state index < -0.39 is 0 Å². The summed E-state index contributed by atoms with van der Waals surface area (Å²) in [5.74, 6) is 1.01. The van der Waals surface area contributed by atoms with E-state index in [2.05, 4.69) is 63.1 Å². The molecule has 0 radical (unpaired) electrons. The van der Waals surface area contributed by atoms with Gasteiger partial charge >= 0.3 is 0 Å². The summed E-state index contributed by atoms with van der Waals surface area (Å²) < 4.78 is 5.79. The molecule has 0 aliphatic carbocycles. The van der Waals surface area contributed by atoms with Crippen LogP contribution in [0.1, 0.15) is 18.4 Å². The molecule has 4 N–H and O–H groups in total. The molecule has 0 atom stereocenters. The zero-order valence-corrected chi connectivity index (χ0v) is 18.0. The smallest absolute Gasteiger partial charge is 0.258 e. The lowest BCUT2D eigenvalue weighted by Crippen LogP contribution is -2.41. The van der Waals surface area contributed by atoms with Gasteiger partial charge in [0.2, 0.25) is 0 Å². The van der Waals surface area contributed by atoms with Crippen molar-refractivity contribution in [2.45, 2.75) is 25.5 Å². The van der Waals surface area contributed by atoms with Crippen molar-refractivity contribution in [3.05, 3.63) is 54.4 Å². The molecule has 1 fully saturated rings. The second-order valence-corrected chi connectivity index (χ2v) is 8.05. The Morgan fingerprint density at radius 3 is 2.48 bits per heavy atom. The van der Waals surface area contributed by atoms with E-state index in [0.717, 1.165) is 29.9 Å². The summed E-state index contributed by atoms with van der Waals surface area (Å²) in [5.41, 5.74) is 15.5. The van der Waals surface area contributed by atoms with Gasteiger partial charge in [0.25, 0.3) is 5.88 Å². The minimum absolute atomic E-state index is 0.256. The molecule has 0 saturated carbocycles. The highest BCUT2D eigenvalue weighted by Crippen LogP contribution is 2.27. The number of nitrogen functional groups attached to an aromatic ring is 2. The predicted octanol–water partition coefficient (Wildman–Crippen LogP) is 2.81. The fourth-order valence-electron chi connectivity index (χ4n) is 3.85.